The maximum Gasteiger partial charge on any atom is 0.336 e. The van der Waals surface area contributed by atoms with Gasteiger partial charge in [0.2, 0.25) is 0 Å². The van der Waals surface area contributed by atoms with Crippen LogP contribution in [0.2, 0.25) is 0 Å². The molecule has 6 heteroatoms. The zero-order valence-electron chi connectivity index (χ0n) is 7.68. The summed E-state index contributed by atoms with van der Waals surface area (Å²) in [4.78, 5) is 21.0. The first-order valence-corrected chi connectivity index (χ1v) is 4.02. The molecule has 4 N–H and O–H groups in total. The highest BCUT2D eigenvalue weighted by Crippen LogP contribution is 2.05. The number of aromatic carboxylic acids is 1. The van der Waals surface area contributed by atoms with Gasteiger partial charge in [0.15, 0.2) is 0 Å². The Morgan fingerprint density at radius 2 is 2.07 bits per heavy atom. The molecule has 0 fully saturated rings. The molecule has 0 saturated carbocycles. The van der Waals surface area contributed by atoms with Crippen molar-refractivity contribution in [1.82, 2.24) is 5.43 Å². The molecule has 2 amide bonds. The first-order valence-electron chi connectivity index (χ1n) is 4.02. The zero-order chi connectivity index (χ0) is 11.3. The van der Waals surface area contributed by atoms with E-state index >= 15 is 0 Å². The number of carboxylic acid groups (broad SMARTS) is 1. The first kappa shape index (κ1) is 10.7. The van der Waals surface area contributed by atoms with Crippen molar-refractivity contribution in [3.8, 4) is 0 Å². The van der Waals surface area contributed by atoms with Gasteiger partial charge in [-0.2, -0.15) is 5.10 Å². The Morgan fingerprint density at radius 1 is 1.40 bits per heavy atom. The van der Waals surface area contributed by atoms with Gasteiger partial charge in [-0.1, -0.05) is 18.2 Å². The van der Waals surface area contributed by atoms with Gasteiger partial charge in [0.1, 0.15) is 0 Å². The van der Waals surface area contributed by atoms with E-state index in [1.807, 2.05) is 5.43 Å². The number of amides is 2. The van der Waals surface area contributed by atoms with Crippen LogP contribution in [-0.2, 0) is 0 Å². The average Bonchev–Trinajstić information content (AvgIpc) is 2.17. The number of carbonyl (C=O) groups is 2. The van der Waals surface area contributed by atoms with Gasteiger partial charge in [0, 0.05) is 5.56 Å². The molecule has 0 unspecified atom stereocenters. The van der Waals surface area contributed by atoms with E-state index in [-0.39, 0.29) is 5.56 Å². The van der Waals surface area contributed by atoms with Gasteiger partial charge < -0.3 is 10.8 Å². The maximum absolute atomic E-state index is 10.7. The number of rotatable bonds is 3. The lowest BCUT2D eigenvalue weighted by Crippen LogP contribution is -2.24. The summed E-state index contributed by atoms with van der Waals surface area (Å²) in [6.45, 7) is 0. The van der Waals surface area contributed by atoms with Crippen molar-refractivity contribution in [3.05, 3.63) is 35.4 Å². The molecule has 1 aromatic carbocycles. The lowest BCUT2D eigenvalue weighted by Gasteiger charge is -1.98. The molecular weight excluding hydrogens is 198 g/mol. The number of urea groups is 1. The Labute approximate surface area is 85.4 Å². The molecule has 1 aromatic rings. The number of hydrazone groups is 1. The fourth-order valence-electron chi connectivity index (χ4n) is 0.970. The van der Waals surface area contributed by atoms with Gasteiger partial charge in [-0.15, -0.1) is 0 Å². The van der Waals surface area contributed by atoms with Crippen LogP contribution in [0.3, 0.4) is 0 Å². The molecule has 0 radical (unpaired) electrons. The maximum atomic E-state index is 10.7. The lowest BCUT2D eigenvalue weighted by atomic mass is 10.1. The molecule has 6 nitrogen and oxygen atoms in total. The summed E-state index contributed by atoms with van der Waals surface area (Å²) in [5.41, 5.74) is 7.24. The van der Waals surface area contributed by atoms with Crippen molar-refractivity contribution < 1.29 is 14.7 Å². The highest BCUT2D eigenvalue weighted by Gasteiger charge is 2.06. The lowest BCUT2D eigenvalue weighted by molar-refractivity contribution is 0.0696. The van der Waals surface area contributed by atoms with Crippen molar-refractivity contribution >= 4 is 18.2 Å². The van der Waals surface area contributed by atoms with Crippen LogP contribution in [0.1, 0.15) is 15.9 Å². The molecule has 0 aliphatic heterocycles. The molecule has 0 bridgehead atoms. The third-order valence-electron chi connectivity index (χ3n) is 1.57. The Morgan fingerprint density at radius 3 is 2.67 bits per heavy atom. The van der Waals surface area contributed by atoms with Gasteiger partial charge in [0.25, 0.3) is 0 Å². The SMILES string of the molecule is NC(=O)NN=Cc1ccccc1C(=O)O. The van der Waals surface area contributed by atoms with E-state index in [9.17, 15) is 9.59 Å². The molecule has 0 heterocycles. The number of nitrogens with one attached hydrogen (secondary N) is 1. The van der Waals surface area contributed by atoms with Crippen LogP contribution in [0.5, 0.6) is 0 Å². The Balaban J connectivity index is 2.89. The molecule has 1 rings (SSSR count). The molecule has 0 aromatic heterocycles. The smallest absolute Gasteiger partial charge is 0.336 e. The first-order chi connectivity index (χ1) is 7.11. The normalized spacial score (nSPS) is 10.1. The number of hydrogen-bond acceptors (Lipinski definition) is 3. The predicted octanol–water partition coefficient (Wildman–Crippen LogP) is 0.387. The number of carboxylic acids is 1. The van der Waals surface area contributed by atoms with Crippen molar-refractivity contribution in [2.24, 2.45) is 10.8 Å². The highest BCUT2D eigenvalue weighted by molar-refractivity contribution is 5.98. The van der Waals surface area contributed by atoms with Crippen molar-refractivity contribution in [2.45, 2.75) is 0 Å². The largest absolute Gasteiger partial charge is 0.478 e. The van der Waals surface area contributed by atoms with Crippen LogP contribution in [0, 0.1) is 0 Å². The minimum Gasteiger partial charge on any atom is -0.478 e. The van der Waals surface area contributed by atoms with Crippen molar-refractivity contribution in [2.75, 3.05) is 0 Å². The number of nitrogens with two attached hydrogens (primary N) is 1. The van der Waals surface area contributed by atoms with Gasteiger partial charge in [-0.05, 0) is 6.07 Å². The van der Waals surface area contributed by atoms with E-state index in [2.05, 4.69) is 5.10 Å². The molecule has 0 aliphatic carbocycles. The molecular formula is C9H9N3O3. The van der Waals surface area contributed by atoms with E-state index in [1.54, 1.807) is 18.2 Å². The summed E-state index contributed by atoms with van der Waals surface area (Å²) in [7, 11) is 0. The molecule has 0 saturated heterocycles. The number of hydrogen-bond donors (Lipinski definition) is 3. The third-order valence-corrected chi connectivity index (χ3v) is 1.57. The second-order valence-corrected chi connectivity index (χ2v) is 2.63. The Hall–Kier alpha value is -2.37. The minimum absolute atomic E-state index is 0.104. The van der Waals surface area contributed by atoms with Gasteiger partial charge >= 0.3 is 12.0 Å². The summed E-state index contributed by atoms with van der Waals surface area (Å²) in [5, 5.41) is 12.3. The highest BCUT2D eigenvalue weighted by atomic mass is 16.4. The average molecular weight is 207 g/mol. The summed E-state index contributed by atoms with van der Waals surface area (Å²) < 4.78 is 0. The number of nitrogens with zero attached hydrogens (tertiary/aromatic N) is 1. The van der Waals surface area contributed by atoms with Crippen molar-refractivity contribution in [3.63, 3.8) is 0 Å². The van der Waals surface area contributed by atoms with Gasteiger partial charge in [-0.3, -0.25) is 0 Å². The monoisotopic (exact) mass is 207 g/mol. The standard InChI is InChI=1S/C9H9N3O3/c10-9(15)12-11-5-6-3-1-2-4-7(6)8(13)14/h1-5H,(H,13,14)(H3,10,12,15). The molecule has 0 spiro atoms. The van der Waals surface area contributed by atoms with Crippen LogP contribution in [0.25, 0.3) is 0 Å². The molecule has 0 aliphatic rings. The number of benzene rings is 1. The topological polar surface area (TPSA) is 105 Å². The number of primary amides is 1. The minimum atomic E-state index is -1.06. The van der Waals surface area contributed by atoms with Crippen molar-refractivity contribution in [1.29, 1.82) is 0 Å². The third kappa shape index (κ3) is 3.11. The Kier molecular flexibility index (Phi) is 3.39. The fourth-order valence-corrected chi connectivity index (χ4v) is 0.970. The zero-order valence-corrected chi connectivity index (χ0v) is 7.68. The van der Waals surface area contributed by atoms with E-state index in [1.165, 1.54) is 12.3 Å². The van der Waals surface area contributed by atoms with E-state index in [0.717, 1.165) is 0 Å². The summed E-state index contributed by atoms with van der Waals surface area (Å²) in [5.74, 6) is -1.06. The summed E-state index contributed by atoms with van der Waals surface area (Å²) >= 11 is 0. The van der Waals surface area contributed by atoms with Crippen LogP contribution < -0.4 is 11.2 Å². The van der Waals surface area contributed by atoms with E-state index < -0.39 is 12.0 Å². The Bertz CT molecular complexity index is 415. The quantitative estimate of drug-likeness (QED) is 0.493. The molecule has 78 valence electrons. The second-order valence-electron chi connectivity index (χ2n) is 2.63. The van der Waals surface area contributed by atoms with E-state index in [4.69, 9.17) is 10.8 Å². The fraction of sp³-hybridized carbons (Fsp3) is 0. The molecule has 15 heavy (non-hydrogen) atoms. The summed E-state index contributed by atoms with van der Waals surface area (Å²) in [6, 6.07) is 5.46. The van der Waals surface area contributed by atoms with Crippen LogP contribution in [-0.4, -0.2) is 23.3 Å². The van der Waals surface area contributed by atoms with Crippen LogP contribution in [0.4, 0.5) is 4.79 Å². The van der Waals surface area contributed by atoms with Gasteiger partial charge in [0.05, 0.1) is 11.8 Å². The number of carbonyl (C=O) groups excluding carboxylic acids is 1. The van der Waals surface area contributed by atoms with E-state index in [0.29, 0.717) is 5.56 Å². The molecule has 0 atom stereocenters. The summed E-state index contributed by atoms with van der Waals surface area (Å²) in [6.07, 6.45) is 1.22. The van der Waals surface area contributed by atoms with Crippen LogP contribution >= 0.6 is 0 Å². The van der Waals surface area contributed by atoms with Gasteiger partial charge in [-0.25, -0.2) is 15.0 Å². The predicted molar refractivity (Wildman–Crippen MR) is 53.7 cm³/mol. The second kappa shape index (κ2) is 4.75. The van der Waals surface area contributed by atoms with Crippen LogP contribution in [0.15, 0.2) is 29.4 Å².